The minimum Gasteiger partial charge on any atom is -0.345 e. The largest absolute Gasteiger partial charge is 0.345 e. The first-order valence-corrected chi connectivity index (χ1v) is 6.39. The second-order valence-electron chi connectivity index (χ2n) is 5.47. The third-order valence-corrected chi connectivity index (χ3v) is 3.58. The zero-order chi connectivity index (χ0) is 14.2. The number of halogens is 2. The summed E-state index contributed by atoms with van der Waals surface area (Å²) in [5.41, 5.74) is 5.39. The van der Waals surface area contributed by atoms with Crippen LogP contribution in [0.4, 0.5) is 8.78 Å². The fourth-order valence-corrected chi connectivity index (χ4v) is 2.09. The molecule has 1 unspecified atom stereocenters. The number of hydrogen-bond donors (Lipinski definition) is 2. The van der Waals surface area contributed by atoms with E-state index in [1.165, 1.54) is 12.1 Å². The van der Waals surface area contributed by atoms with Gasteiger partial charge in [-0.1, -0.05) is 19.9 Å². The van der Waals surface area contributed by atoms with Crippen molar-refractivity contribution in [1.82, 2.24) is 5.32 Å². The Labute approximate surface area is 111 Å². The summed E-state index contributed by atoms with van der Waals surface area (Å²) in [5, 5.41) is 2.80. The molecule has 0 aromatic heterocycles. The average molecular weight is 268 g/mol. The third kappa shape index (κ3) is 2.76. The molecule has 104 valence electrons. The molecule has 19 heavy (non-hydrogen) atoms. The quantitative estimate of drug-likeness (QED) is 0.878. The molecule has 1 saturated carbocycles. The van der Waals surface area contributed by atoms with Crippen molar-refractivity contribution in [2.75, 3.05) is 0 Å². The van der Waals surface area contributed by atoms with Crippen molar-refractivity contribution in [2.24, 2.45) is 11.7 Å². The van der Waals surface area contributed by atoms with E-state index in [0.717, 1.165) is 6.07 Å². The molecule has 0 bridgehead atoms. The van der Waals surface area contributed by atoms with Crippen LogP contribution in [-0.4, -0.2) is 11.9 Å². The lowest BCUT2D eigenvalue weighted by atomic mass is 10.0. The van der Waals surface area contributed by atoms with E-state index >= 15 is 0 Å². The monoisotopic (exact) mass is 268 g/mol. The van der Waals surface area contributed by atoms with Crippen molar-refractivity contribution in [3.05, 3.63) is 35.4 Å². The summed E-state index contributed by atoms with van der Waals surface area (Å²) in [6.45, 7) is 3.70. The summed E-state index contributed by atoms with van der Waals surface area (Å²) in [5.74, 6) is -1.54. The van der Waals surface area contributed by atoms with Crippen LogP contribution < -0.4 is 11.1 Å². The number of benzene rings is 1. The molecule has 2 rings (SSSR count). The summed E-state index contributed by atoms with van der Waals surface area (Å²) in [6, 6.07) is 2.80. The van der Waals surface area contributed by atoms with Crippen LogP contribution in [0.5, 0.6) is 0 Å². The zero-order valence-electron chi connectivity index (χ0n) is 11.0. The number of carbonyl (C=O) groups is 1. The van der Waals surface area contributed by atoms with Crippen LogP contribution in [0.3, 0.4) is 0 Å². The maximum absolute atomic E-state index is 13.8. The first kappa shape index (κ1) is 13.9. The molecule has 0 spiro atoms. The molecule has 3 nitrogen and oxygen atoms in total. The third-order valence-electron chi connectivity index (χ3n) is 3.58. The Morgan fingerprint density at radius 1 is 1.37 bits per heavy atom. The zero-order valence-corrected chi connectivity index (χ0v) is 11.0. The molecule has 0 heterocycles. The normalized spacial score (nSPS) is 18.2. The van der Waals surface area contributed by atoms with Crippen molar-refractivity contribution in [3.63, 3.8) is 0 Å². The predicted molar refractivity (Wildman–Crippen MR) is 68.2 cm³/mol. The Balaban J connectivity index is 2.18. The highest BCUT2D eigenvalue weighted by Gasteiger charge is 2.48. The van der Waals surface area contributed by atoms with E-state index in [4.69, 9.17) is 5.73 Å². The van der Waals surface area contributed by atoms with Crippen LogP contribution in [0.1, 0.15) is 32.3 Å². The maximum atomic E-state index is 13.8. The standard InChI is InChI=1S/C14H18F2N2O/c1-8(2)12(17)13(19)18-14(5-6-14)10-4-3-9(15)7-11(10)16/h3-4,7-8,12H,5-6,17H2,1-2H3,(H,18,19). The van der Waals surface area contributed by atoms with Gasteiger partial charge < -0.3 is 11.1 Å². The Kier molecular flexibility index (Phi) is 3.58. The molecule has 1 aromatic rings. The first-order chi connectivity index (χ1) is 8.85. The molecule has 1 aromatic carbocycles. The number of nitrogens with two attached hydrogens (primary N) is 1. The lowest BCUT2D eigenvalue weighted by Gasteiger charge is -2.22. The predicted octanol–water partition coefficient (Wildman–Crippen LogP) is 2.05. The summed E-state index contributed by atoms with van der Waals surface area (Å²) in [7, 11) is 0. The second kappa shape index (κ2) is 4.89. The second-order valence-corrected chi connectivity index (χ2v) is 5.47. The number of rotatable bonds is 4. The minimum absolute atomic E-state index is 0.00821. The Bertz CT molecular complexity index is 498. The fraction of sp³-hybridized carbons (Fsp3) is 0.500. The van der Waals surface area contributed by atoms with Gasteiger partial charge in [-0.15, -0.1) is 0 Å². The lowest BCUT2D eigenvalue weighted by Crippen LogP contribution is -2.48. The van der Waals surface area contributed by atoms with Gasteiger partial charge in [-0.3, -0.25) is 4.79 Å². The van der Waals surface area contributed by atoms with Crippen molar-refractivity contribution in [2.45, 2.75) is 38.3 Å². The highest BCUT2D eigenvalue weighted by molar-refractivity contribution is 5.83. The van der Waals surface area contributed by atoms with Crippen molar-refractivity contribution in [3.8, 4) is 0 Å². The van der Waals surface area contributed by atoms with E-state index in [0.29, 0.717) is 18.4 Å². The molecule has 3 N–H and O–H groups in total. The van der Waals surface area contributed by atoms with Crippen LogP contribution >= 0.6 is 0 Å². The fourth-order valence-electron chi connectivity index (χ4n) is 2.09. The van der Waals surface area contributed by atoms with Crippen molar-refractivity contribution >= 4 is 5.91 Å². The maximum Gasteiger partial charge on any atom is 0.237 e. The number of hydrogen-bond acceptors (Lipinski definition) is 2. The van der Waals surface area contributed by atoms with E-state index in [9.17, 15) is 13.6 Å². The van der Waals surface area contributed by atoms with E-state index in [-0.39, 0.29) is 11.8 Å². The summed E-state index contributed by atoms with van der Waals surface area (Å²) in [4.78, 5) is 12.0. The lowest BCUT2D eigenvalue weighted by molar-refractivity contribution is -0.124. The van der Waals surface area contributed by atoms with Gasteiger partial charge in [0.2, 0.25) is 5.91 Å². The number of amides is 1. The Morgan fingerprint density at radius 2 is 2.00 bits per heavy atom. The van der Waals surface area contributed by atoms with E-state index in [1.54, 1.807) is 0 Å². The van der Waals surface area contributed by atoms with Gasteiger partial charge in [-0.2, -0.15) is 0 Å². The first-order valence-electron chi connectivity index (χ1n) is 6.39. The summed E-state index contributed by atoms with van der Waals surface area (Å²) in [6.07, 6.45) is 1.29. The van der Waals surface area contributed by atoms with E-state index in [1.807, 2.05) is 13.8 Å². The Hall–Kier alpha value is -1.49. The molecule has 1 aliphatic carbocycles. The van der Waals surface area contributed by atoms with Crippen LogP contribution in [0.25, 0.3) is 0 Å². The molecular weight excluding hydrogens is 250 g/mol. The van der Waals surface area contributed by atoms with Crippen LogP contribution in [-0.2, 0) is 10.3 Å². The molecule has 0 aliphatic heterocycles. The van der Waals surface area contributed by atoms with Gasteiger partial charge in [0.1, 0.15) is 11.6 Å². The highest BCUT2D eigenvalue weighted by atomic mass is 19.1. The van der Waals surface area contributed by atoms with Gasteiger partial charge in [0.25, 0.3) is 0 Å². The summed E-state index contributed by atoms with van der Waals surface area (Å²) < 4.78 is 26.7. The SMILES string of the molecule is CC(C)C(N)C(=O)NC1(c2ccc(F)cc2F)CC1. The summed E-state index contributed by atoms with van der Waals surface area (Å²) >= 11 is 0. The van der Waals surface area contributed by atoms with Gasteiger partial charge in [0.15, 0.2) is 0 Å². The van der Waals surface area contributed by atoms with Crippen molar-refractivity contribution < 1.29 is 13.6 Å². The molecule has 0 saturated heterocycles. The van der Waals surface area contributed by atoms with Gasteiger partial charge in [-0.25, -0.2) is 8.78 Å². The molecule has 1 aliphatic rings. The van der Waals surface area contributed by atoms with Crippen LogP contribution in [0.2, 0.25) is 0 Å². The van der Waals surface area contributed by atoms with Gasteiger partial charge in [0.05, 0.1) is 11.6 Å². The smallest absolute Gasteiger partial charge is 0.237 e. The van der Waals surface area contributed by atoms with Crippen LogP contribution in [0.15, 0.2) is 18.2 Å². The van der Waals surface area contributed by atoms with Gasteiger partial charge in [0, 0.05) is 11.6 Å². The van der Waals surface area contributed by atoms with Gasteiger partial charge >= 0.3 is 0 Å². The average Bonchev–Trinajstić information content (AvgIpc) is 3.08. The van der Waals surface area contributed by atoms with Crippen molar-refractivity contribution in [1.29, 1.82) is 0 Å². The molecule has 1 atom stereocenters. The number of carbonyl (C=O) groups excluding carboxylic acids is 1. The van der Waals surface area contributed by atoms with Gasteiger partial charge in [-0.05, 0) is 24.8 Å². The molecule has 0 radical (unpaired) electrons. The minimum atomic E-state index is -0.707. The molecular formula is C14H18F2N2O. The number of nitrogens with one attached hydrogen (secondary N) is 1. The van der Waals surface area contributed by atoms with E-state index in [2.05, 4.69) is 5.32 Å². The van der Waals surface area contributed by atoms with E-state index < -0.39 is 23.2 Å². The molecule has 1 fully saturated rings. The van der Waals surface area contributed by atoms with Crippen LogP contribution in [0, 0.1) is 17.6 Å². The topological polar surface area (TPSA) is 55.1 Å². The molecule has 5 heteroatoms. The molecule has 1 amide bonds. The highest BCUT2D eigenvalue weighted by Crippen LogP contribution is 2.46. The Morgan fingerprint density at radius 3 is 2.47 bits per heavy atom.